The minimum absolute atomic E-state index is 0.201. The molecule has 3 N–H and O–H groups in total. The van der Waals surface area contributed by atoms with Gasteiger partial charge in [0, 0.05) is 17.9 Å². The molecule has 0 bridgehead atoms. The van der Waals surface area contributed by atoms with E-state index in [-0.39, 0.29) is 34.8 Å². The second kappa shape index (κ2) is 7.43. The van der Waals surface area contributed by atoms with Gasteiger partial charge in [0.2, 0.25) is 10.0 Å². The summed E-state index contributed by atoms with van der Waals surface area (Å²) in [6.07, 6.45) is 0. The highest BCUT2D eigenvalue weighted by atomic mass is 32.2. The number of nitrogens with two attached hydrogens (primary N) is 1. The smallest absolute Gasteiger partial charge is 0.389 e. The summed E-state index contributed by atoms with van der Waals surface area (Å²) in [6.45, 7) is -0.280. The molecule has 0 aliphatic carbocycles. The Hall–Kier alpha value is -0.840. The lowest BCUT2D eigenvalue weighted by Crippen LogP contribution is -2.28. The summed E-state index contributed by atoms with van der Waals surface area (Å²) in [5.74, 6) is -0.690. The van der Waals surface area contributed by atoms with E-state index in [4.69, 9.17) is 18.0 Å². The zero-order valence-electron chi connectivity index (χ0n) is 10.7. The predicted octanol–water partition coefficient (Wildman–Crippen LogP) is 1.99. The predicted molar refractivity (Wildman–Crippen MR) is 81.5 cm³/mol. The number of hydrogen-bond donors (Lipinski definition) is 2. The molecule has 0 atom stereocenters. The topological polar surface area (TPSA) is 72.2 Å². The van der Waals surface area contributed by atoms with Crippen LogP contribution in [0, 0.1) is 0 Å². The molecule has 10 heteroatoms. The van der Waals surface area contributed by atoms with Gasteiger partial charge in [-0.1, -0.05) is 36.5 Å². The van der Waals surface area contributed by atoms with Gasteiger partial charge in [0.25, 0.3) is 0 Å². The zero-order chi connectivity index (χ0) is 16.1. The van der Waals surface area contributed by atoms with E-state index in [9.17, 15) is 21.6 Å². The maximum absolute atomic E-state index is 11.9. The molecule has 0 saturated carbocycles. The quantitative estimate of drug-likeness (QED) is 0.576. The van der Waals surface area contributed by atoms with Crippen molar-refractivity contribution in [2.75, 3.05) is 12.3 Å². The standard InChI is InChI=1S/C11H13F3N2O2S3/c12-11(13,14)20-6-5-16-21(17,18)7-8-1-3-9(4-2-8)10(15)19/h1-4,16H,5-7H2,(H2,15,19). The van der Waals surface area contributed by atoms with Crippen molar-refractivity contribution in [1.29, 1.82) is 0 Å². The largest absolute Gasteiger partial charge is 0.441 e. The first-order valence-corrected chi connectivity index (χ1v) is 8.70. The summed E-state index contributed by atoms with van der Waals surface area (Å²) >= 11 is 4.50. The number of nitrogens with one attached hydrogen (secondary N) is 1. The van der Waals surface area contributed by atoms with E-state index in [1.54, 1.807) is 24.3 Å². The van der Waals surface area contributed by atoms with Gasteiger partial charge in [0.15, 0.2) is 0 Å². The maximum Gasteiger partial charge on any atom is 0.441 e. The number of thioether (sulfide) groups is 1. The van der Waals surface area contributed by atoms with E-state index < -0.39 is 15.5 Å². The summed E-state index contributed by atoms with van der Waals surface area (Å²) in [6, 6.07) is 6.29. The van der Waals surface area contributed by atoms with Gasteiger partial charge < -0.3 is 5.73 Å². The fourth-order valence-electron chi connectivity index (χ4n) is 1.40. The molecule has 1 rings (SSSR count). The highest BCUT2D eigenvalue weighted by Crippen LogP contribution is 2.29. The Labute approximate surface area is 130 Å². The normalized spacial score (nSPS) is 12.3. The van der Waals surface area contributed by atoms with Crippen LogP contribution in [0.4, 0.5) is 13.2 Å². The molecule has 0 aliphatic rings. The van der Waals surface area contributed by atoms with Crippen LogP contribution in [0.2, 0.25) is 0 Å². The number of sulfonamides is 1. The molecule has 0 radical (unpaired) electrons. The van der Waals surface area contributed by atoms with Crippen LogP contribution in [0.5, 0.6) is 0 Å². The second-order valence-electron chi connectivity index (χ2n) is 4.01. The van der Waals surface area contributed by atoms with Crippen molar-refractivity contribution in [3.63, 3.8) is 0 Å². The molecular formula is C11H13F3N2O2S3. The summed E-state index contributed by atoms with van der Waals surface area (Å²) in [5.41, 5.74) is 2.16. The third kappa shape index (κ3) is 7.65. The van der Waals surface area contributed by atoms with Crippen molar-refractivity contribution in [3.05, 3.63) is 35.4 Å². The van der Waals surface area contributed by atoms with Crippen LogP contribution >= 0.6 is 24.0 Å². The molecule has 0 fully saturated rings. The van der Waals surface area contributed by atoms with Crippen molar-refractivity contribution in [3.8, 4) is 0 Å². The van der Waals surface area contributed by atoms with Crippen LogP contribution in [-0.4, -0.2) is 31.2 Å². The van der Waals surface area contributed by atoms with Crippen LogP contribution in [-0.2, 0) is 15.8 Å². The lowest BCUT2D eigenvalue weighted by Gasteiger charge is -2.08. The zero-order valence-corrected chi connectivity index (χ0v) is 13.1. The van der Waals surface area contributed by atoms with Crippen LogP contribution in [0.1, 0.15) is 11.1 Å². The van der Waals surface area contributed by atoms with Gasteiger partial charge in [-0.3, -0.25) is 0 Å². The number of hydrogen-bond acceptors (Lipinski definition) is 4. The molecule has 1 aromatic carbocycles. The summed E-state index contributed by atoms with van der Waals surface area (Å²) < 4.78 is 61.2. The molecule has 118 valence electrons. The van der Waals surface area contributed by atoms with Crippen LogP contribution in [0.15, 0.2) is 24.3 Å². The summed E-state index contributed by atoms with van der Waals surface area (Å²) in [5, 5.41) is 0. The molecule has 0 unspecified atom stereocenters. The van der Waals surface area contributed by atoms with Gasteiger partial charge in [-0.25, -0.2) is 13.1 Å². The van der Waals surface area contributed by atoms with Gasteiger partial charge in [0.05, 0.1) is 5.75 Å². The first-order chi connectivity index (χ1) is 9.59. The van der Waals surface area contributed by atoms with E-state index in [0.29, 0.717) is 11.1 Å². The van der Waals surface area contributed by atoms with Gasteiger partial charge in [-0.15, -0.1) is 0 Å². The average molecular weight is 358 g/mol. The van der Waals surface area contributed by atoms with E-state index in [0.717, 1.165) is 0 Å². The van der Waals surface area contributed by atoms with Crippen molar-refractivity contribution >= 4 is 39.0 Å². The van der Waals surface area contributed by atoms with Crippen LogP contribution in [0.3, 0.4) is 0 Å². The van der Waals surface area contributed by atoms with Crippen molar-refractivity contribution in [2.24, 2.45) is 5.73 Å². The highest BCUT2D eigenvalue weighted by molar-refractivity contribution is 8.00. The molecule has 0 heterocycles. The maximum atomic E-state index is 11.9. The van der Waals surface area contributed by atoms with E-state index >= 15 is 0 Å². The van der Waals surface area contributed by atoms with Crippen LogP contribution < -0.4 is 10.5 Å². The van der Waals surface area contributed by atoms with Crippen molar-refractivity contribution in [1.82, 2.24) is 4.72 Å². The molecule has 0 aromatic heterocycles. The van der Waals surface area contributed by atoms with Gasteiger partial charge in [-0.05, 0) is 17.3 Å². The van der Waals surface area contributed by atoms with Crippen molar-refractivity contribution < 1.29 is 21.6 Å². The number of rotatable bonds is 7. The second-order valence-corrected chi connectivity index (χ2v) is 7.42. The minimum atomic E-state index is -4.36. The molecule has 0 amide bonds. The number of thiocarbonyl (C=S) groups is 1. The SMILES string of the molecule is NC(=S)c1ccc(CS(=O)(=O)NCCSC(F)(F)F)cc1. The van der Waals surface area contributed by atoms with Gasteiger partial charge in [-0.2, -0.15) is 13.2 Å². The Balaban J connectivity index is 2.50. The third-order valence-electron chi connectivity index (χ3n) is 2.28. The Kier molecular flexibility index (Phi) is 6.44. The third-order valence-corrected chi connectivity index (χ3v) is 4.61. The number of alkyl halides is 3. The lowest BCUT2D eigenvalue weighted by atomic mass is 10.1. The highest BCUT2D eigenvalue weighted by Gasteiger charge is 2.27. The van der Waals surface area contributed by atoms with Gasteiger partial charge in [0.1, 0.15) is 4.99 Å². The summed E-state index contributed by atoms with van der Waals surface area (Å²) in [7, 11) is -3.68. The molecule has 21 heavy (non-hydrogen) atoms. The summed E-state index contributed by atoms with van der Waals surface area (Å²) in [4.78, 5) is 0.201. The van der Waals surface area contributed by atoms with Crippen LogP contribution in [0.25, 0.3) is 0 Å². The monoisotopic (exact) mass is 358 g/mol. The fourth-order valence-corrected chi connectivity index (χ4v) is 3.25. The minimum Gasteiger partial charge on any atom is -0.389 e. The molecule has 4 nitrogen and oxygen atoms in total. The Morgan fingerprint density at radius 3 is 2.33 bits per heavy atom. The molecule has 1 aromatic rings. The Bertz CT molecular complexity index is 586. The first kappa shape index (κ1) is 18.2. The molecular weight excluding hydrogens is 345 g/mol. The average Bonchev–Trinajstić information content (AvgIpc) is 2.34. The van der Waals surface area contributed by atoms with E-state index in [1.165, 1.54) is 0 Å². The Morgan fingerprint density at radius 1 is 1.29 bits per heavy atom. The van der Waals surface area contributed by atoms with Gasteiger partial charge >= 0.3 is 5.51 Å². The fraction of sp³-hybridized carbons (Fsp3) is 0.364. The van der Waals surface area contributed by atoms with E-state index in [2.05, 4.69) is 4.72 Å². The first-order valence-electron chi connectivity index (χ1n) is 5.66. The lowest BCUT2D eigenvalue weighted by molar-refractivity contribution is -0.0327. The Morgan fingerprint density at radius 2 is 1.86 bits per heavy atom. The van der Waals surface area contributed by atoms with E-state index in [1.807, 2.05) is 0 Å². The number of benzene rings is 1. The number of halogens is 3. The van der Waals surface area contributed by atoms with Crippen molar-refractivity contribution in [2.45, 2.75) is 11.3 Å². The molecule has 0 spiro atoms. The molecule has 0 aliphatic heterocycles. The molecule has 0 saturated heterocycles.